The standard InChI is InChI=1S/C15H34N2O4SSi/c1-9-10-13(2)17(22(16,18)19)11-14(12-20-6)21-23(7,8)15(3,4)5/h9,13-14H,1,10-12H2,2-8H3,(H2,16,18,19)/t13-,14+/m0/s1. The van der Waals surface area contributed by atoms with Gasteiger partial charge < -0.3 is 9.16 Å². The van der Waals surface area contributed by atoms with E-state index in [2.05, 4.69) is 40.4 Å². The molecule has 0 aliphatic heterocycles. The molecule has 0 aliphatic carbocycles. The van der Waals surface area contributed by atoms with Crippen LogP contribution in [0.25, 0.3) is 0 Å². The van der Waals surface area contributed by atoms with Crippen LogP contribution in [-0.2, 0) is 19.4 Å². The average Bonchev–Trinajstić information content (AvgIpc) is 2.32. The molecule has 6 nitrogen and oxygen atoms in total. The van der Waals surface area contributed by atoms with E-state index in [0.29, 0.717) is 13.0 Å². The van der Waals surface area contributed by atoms with Gasteiger partial charge in [-0.3, -0.25) is 0 Å². The van der Waals surface area contributed by atoms with Crippen molar-refractivity contribution in [1.82, 2.24) is 4.31 Å². The van der Waals surface area contributed by atoms with Gasteiger partial charge in [-0.25, -0.2) is 5.14 Å². The molecule has 0 spiro atoms. The molecule has 0 fully saturated rings. The number of nitrogens with two attached hydrogens (primary N) is 1. The van der Waals surface area contributed by atoms with Gasteiger partial charge in [-0.2, -0.15) is 12.7 Å². The number of methoxy groups -OCH3 is 1. The van der Waals surface area contributed by atoms with E-state index in [-0.39, 0.29) is 23.7 Å². The molecule has 0 aliphatic rings. The lowest BCUT2D eigenvalue weighted by atomic mass is 10.2. The maximum Gasteiger partial charge on any atom is 0.277 e. The summed E-state index contributed by atoms with van der Waals surface area (Å²) in [5, 5.41) is 5.41. The number of rotatable bonds is 10. The van der Waals surface area contributed by atoms with Gasteiger partial charge in [0.15, 0.2) is 8.32 Å². The van der Waals surface area contributed by atoms with Gasteiger partial charge in [0.2, 0.25) is 0 Å². The first-order chi connectivity index (χ1) is 10.3. The molecular weight excluding hydrogens is 332 g/mol. The van der Waals surface area contributed by atoms with Gasteiger partial charge in [0.1, 0.15) is 0 Å². The lowest BCUT2D eigenvalue weighted by Gasteiger charge is -2.40. The summed E-state index contributed by atoms with van der Waals surface area (Å²) in [6.45, 7) is 16.6. The van der Waals surface area contributed by atoms with Gasteiger partial charge in [0.25, 0.3) is 10.2 Å². The fourth-order valence-corrected chi connectivity index (χ4v) is 4.29. The fraction of sp³-hybridized carbons (Fsp3) is 0.867. The Kier molecular flexibility index (Phi) is 8.63. The van der Waals surface area contributed by atoms with Gasteiger partial charge in [-0.15, -0.1) is 6.58 Å². The summed E-state index contributed by atoms with van der Waals surface area (Å²) in [6, 6.07) is -0.273. The van der Waals surface area contributed by atoms with Crippen LogP contribution in [0.2, 0.25) is 18.1 Å². The van der Waals surface area contributed by atoms with Crippen LogP contribution >= 0.6 is 0 Å². The zero-order valence-corrected chi connectivity index (χ0v) is 17.4. The highest BCUT2D eigenvalue weighted by molar-refractivity contribution is 7.86. The van der Waals surface area contributed by atoms with Crippen LogP contribution < -0.4 is 5.14 Å². The molecular formula is C15H34N2O4SSi. The minimum absolute atomic E-state index is 0.0259. The van der Waals surface area contributed by atoms with E-state index < -0.39 is 18.5 Å². The van der Waals surface area contributed by atoms with E-state index in [1.165, 1.54) is 4.31 Å². The lowest BCUT2D eigenvalue weighted by Crippen LogP contribution is -2.52. The first-order valence-electron chi connectivity index (χ1n) is 7.83. The summed E-state index contributed by atoms with van der Waals surface area (Å²) in [7, 11) is -4.29. The van der Waals surface area contributed by atoms with Crippen LogP contribution in [0.5, 0.6) is 0 Å². The second kappa shape index (κ2) is 8.73. The zero-order valence-electron chi connectivity index (χ0n) is 15.6. The van der Waals surface area contributed by atoms with E-state index in [1.807, 2.05) is 6.92 Å². The molecule has 0 heterocycles. The predicted molar refractivity (Wildman–Crippen MR) is 98.0 cm³/mol. The first-order valence-corrected chi connectivity index (χ1v) is 12.2. The van der Waals surface area contributed by atoms with Crippen LogP contribution in [-0.4, -0.2) is 53.4 Å². The maximum absolute atomic E-state index is 11.9. The van der Waals surface area contributed by atoms with Crippen molar-refractivity contribution in [3.63, 3.8) is 0 Å². The Balaban J connectivity index is 5.32. The third kappa shape index (κ3) is 7.45. The molecule has 0 rings (SSSR count). The van der Waals surface area contributed by atoms with Crippen molar-refractivity contribution < 1.29 is 17.6 Å². The molecule has 0 bridgehead atoms. The topological polar surface area (TPSA) is 81.9 Å². The Morgan fingerprint density at radius 3 is 2.22 bits per heavy atom. The highest BCUT2D eigenvalue weighted by atomic mass is 32.2. The first kappa shape index (κ1) is 22.7. The Morgan fingerprint density at radius 1 is 1.35 bits per heavy atom. The summed E-state index contributed by atoms with van der Waals surface area (Å²) in [5.41, 5.74) is 0. The minimum Gasteiger partial charge on any atom is -0.410 e. The Bertz CT molecular complexity index is 474. The van der Waals surface area contributed by atoms with Crippen molar-refractivity contribution in [3.05, 3.63) is 12.7 Å². The summed E-state index contributed by atoms with van der Waals surface area (Å²) < 4.78 is 36.7. The molecule has 0 saturated carbocycles. The third-order valence-corrected chi connectivity index (χ3v) is 10.0. The minimum atomic E-state index is -3.83. The molecule has 0 aromatic carbocycles. The van der Waals surface area contributed by atoms with Gasteiger partial charge in [-0.05, 0) is 31.5 Å². The van der Waals surface area contributed by atoms with Crippen LogP contribution in [0, 0.1) is 0 Å². The van der Waals surface area contributed by atoms with E-state index >= 15 is 0 Å². The zero-order chi connectivity index (χ0) is 18.5. The van der Waals surface area contributed by atoms with Crippen LogP contribution in [0.4, 0.5) is 0 Å². The van der Waals surface area contributed by atoms with Crippen molar-refractivity contribution >= 4 is 18.5 Å². The number of hydrogen-bond acceptors (Lipinski definition) is 4. The molecule has 23 heavy (non-hydrogen) atoms. The van der Waals surface area contributed by atoms with Crippen LogP contribution in [0.15, 0.2) is 12.7 Å². The summed E-state index contributed by atoms with van der Waals surface area (Å²) in [4.78, 5) is 0. The van der Waals surface area contributed by atoms with Crippen molar-refractivity contribution in [3.8, 4) is 0 Å². The summed E-state index contributed by atoms with van der Waals surface area (Å²) in [6.07, 6.45) is 1.85. The molecule has 0 aromatic rings. The second-order valence-corrected chi connectivity index (χ2v) is 13.7. The van der Waals surface area contributed by atoms with Crippen molar-refractivity contribution in [2.75, 3.05) is 20.3 Å². The molecule has 0 saturated heterocycles. The largest absolute Gasteiger partial charge is 0.410 e. The Hall–Kier alpha value is -0.253. The number of nitrogens with zero attached hydrogens (tertiary/aromatic N) is 1. The monoisotopic (exact) mass is 366 g/mol. The molecule has 0 aromatic heterocycles. The van der Waals surface area contributed by atoms with Crippen molar-refractivity contribution in [2.24, 2.45) is 5.14 Å². The van der Waals surface area contributed by atoms with Crippen molar-refractivity contribution in [2.45, 2.75) is 64.4 Å². The molecule has 2 N–H and O–H groups in total. The van der Waals surface area contributed by atoms with Gasteiger partial charge in [0.05, 0.1) is 12.7 Å². The molecule has 2 atom stereocenters. The quantitative estimate of drug-likeness (QED) is 0.476. The van der Waals surface area contributed by atoms with Gasteiger partial charge >= 0.3 is 0 Å². The van der Waals surface area contributed by atoms with E-state index in [1.54, 1.807) is 13.2 Å². The Labute approximate surface area is 143 Å². The molecule has 0 unspecified atom stereocenters. The number of ether oxygens (including phenoxy) is 1. The molecule has 0 radical (unpaired) electrons. The highest BCUT2D eigenvalue weighted by Gasteiger charge is 2.40. The predicted octanol–water partition coefficient (Wildman–Crippen LogP) is 2.49. The lowest BCUT2D eigenvalue weighted by molar-refractivity contribution is 0.0551. The van der Waals surface area contributed by atoms with Gasteiger partial charge in [-0.1, -0.05) is 26.8 Å². The number of hydrogen-bond donors (Lipinski definition) is 1. The maximum atomic E-state index is 11.9. The van der Waals surface area contributed by atoms with E-state index in [9.17, 15) is 8.42 Å². The average molecular weight is 367 g/mol. The van der Waals surface area contributed by atoms with Gasteiger partial charge in [0, 0.05) is 19.7 Å². The van der Waals surface area contributed by atoms with Crippen molar-refractivity contribution in [1.29, 1.82) is 0 Å². The smallest absolute Gasteiger partial charge is 0.277 e. The normalized spacial score (nSPS) is 16.4. The van der Waals surface area contributed by atoms with Crippen LogP contribution in [0.1, 0.15) is 34.1 Å². The van der Waals surface area contributed by atoms with Crippen LogP contribution in [0.3, 0.4) is 0 Å². The van der Waals surface area contributed by atoms with E-state index in [4.69, 9.17) is 14.3 Å². The summed E-state index contributed by atoms with van der Waals surface area (Å²) in [5.74, 6) is 0. The molecule has 138 valence electrons. The molecule has 8 heteroatoms. The van der Waals surface area contributed by atoms with E-state index in [0.717, 1.165) is 0 Å². The molecule has 0 amide bonds. The highest BCUT2D eigenvalue weighted by Crippen LogP contribution is 2.37. The fourth-order valence-electron chi connectivity index (χ4n) is 2.00. The Morgan fingerprint density at radius 2 is 1.87 bits per heavy atom. The second-order valence-electron chi connectivity index (χ2n) is 7.44. The summed E-state index contributed by atoms with van der Waals surface area (Å²) >= 11 is 0. The third-order valence-electron chi connectivity index (χ3n) is 4.33. The SMILES string of the molecule is C=CC[C@H](C)N(C[C@H](COC)O[Si](C)(C)C(C)(C)C)S(N)(=O)=O.